The van der Waals surface area contributed by atoms with E-state index in [1.807, 2.05) is 0 Å². The molecule has 0 amide bonds. The van der Waals surface area contributed by atoms with Crippen molar-refractivity contribution in [3.8, 4) is 0 Å². The largest absolute Gasteiger partial charge is 0.345 e. The average molecular weight is 329 g/mol. The lowest BCUT2D eigenvalue weighted by molar-refractivity contribution is -0.160. The first-order chi connectivity index (χ1) is 11.2. The maximum Gasteiger partial charge on any atom is 0.112 e. The molecule has 3 heteroatoms. The van der Waals surface area contributed by atoms with Gasteiger partial charge in [0.25, 0.3) is 0 Å². The van der Waals surface area contributed by atoms with E-state index in [9.17, 15) is 0 Å². The molecule has 0 heterocycles. The molecule has 0 aliphatic heterocycles. The predicted octanol–water partition coefficient (Wildman–Crippen LogP) is 5.50. The minimum Gasteiger partial charge on any atom is -0.345 e. The van der Waals surface area contributed by atoms with Gasteiger partial charge >= 0.3 is 0 Å². The Balaban J connectivity index is 5.01. The summed E-state index contributed by atoms with van der Waals surface area (Å²) in [6, 6.07) is 0. The zero-order valence-corrected chi connectivity index (χ0v) is 16.9. The van der Waals surface area contributed by atoms with Crippen molar-refractivity contribution in [2.45, 2.75) is 105 Å². The molecule has 2 unspecified atom stereocenters. The fourth-order valence-corrected chi connectivity index (χ4v) is 3.30. The lowest BCUT2D eigenvalue weighted by Gasteiger charge is -2.38. The van der Waals surface area contributed by atoms with E-state index in [4.69, 9.17) is 4.74 Å². The van der Waals surface area contributed by atoms with Crippen LogP contribution in [0.5, 0.6) is 0 Å². The van der Waals surface area contributed by atoms with Gasteiger partial charge in [0.1, 0.15) is 12.5 Å². The molecule has 0 bridgehead atoms. The van der Waals surface area contributed by atoms with Gasteiger partial charge in [0, 0.05) is 26.2 Å². The van der Waals surface area contributed by atoms with E-state index < -0.39 is 0 Å². The highest BCUT2D eigenvalue weighted by Gasteiger charge is 2.24. The molecule has 3 nitrogen and oxygen atoms in total. The Hall–Kier alpha value is -0.120. The van der Waals surface area contributed by atoms with Crippen LogP contribution >= 0.6 is 0 Å². The molecule has 0 aromatic rings. The number of hydrogen-bond acceptors (Lipinski definition) is 3. The van der Waals surface area contributed by atoms with Crippen molar-refractivity contribution in [2.24, 2.45) is 0 Å². The molecule has 0 saturated heterocycles. The van der Waals surface area contributed by atoms with E-state index in [-0.39, 0.29) is 12.5 Å². The van der Waals surface area contributed by atoms with Gasteiger partial charge in [-0.3, -0.25) is 9.80 Å². The van der Waals surface area contributed by atoms with Gasteiger partial charge in [-0.15, -0.1) is 0 Å². The van der Waals surface area contributed by atoms with Crippen LogP contribution in [-0.2, 0) is 4.74 Å². The predicted molar refractivity (Wildman–Crippen MR) is 103 cm³/mol. The fraction of sp³-hybridized carbons (Fsp3) is 1.00. The number of rotatable bonds is 16. The standard InChI is InChI=1S/C20H44N2O/c1-7-13-19(21(15-9-3)16-10-4)23-20(14-8-2)22(17-11-5)18-12-6/h19-20H,7-18H2,1-6H3. The lowest BCUT2D eigenvalue weighted by Crippen LogP contribution is -2.46. The molecule has 23 heavy (non-hydrogen) atoms. The zero-order chi connectivity index (χ0) is 17.5. The van der Waals surface area contributed by atoms with E-state index in [0.29, 0.717) is 0 Å². The summed E-state index contributed by atoms with van der Waals surface area (Å²) in [5, 5.41) is 0. The summed E-state index contributed by atoms with van der Waals surface area (Å²) in [5.74, 6) is 0. The molecule has 0 saturated carbocycles. The van der Waals surface area contributed by atoms with E-state index in [1.54, 1.807) is 0 Å². The summed E-state index contributed by atoms with van der Waals surface area (Å²) in [6.07, 6.45) is 10.1. The van der Waals surface area contributed by atoms with Crippen LogP contribution in [0.3, 0.4) is 0 Å². The normalized spacial score (nSPS) is 14.6. The number of ether oxygens (including phenoxy) is 1. The minimum absolute atomic E-state index is 0.285. The van der Waals surface area contributed by atoms with Crippen molar-refractivity contribution in [2.75, 3.05) is 26.2 Å². The van der Waals surface area contributed by atoms with Crippen molar-refractivity contribution in [3.05, 3.63) is 0 Å². The van der Waals surface area contributed by atoms with Crippen LogP contribution in [-0.4, -0.2) is 48.4 Å². The third-order valence-electron chi connectivity index (χ3n) is 4.24. The Labute approximate surface area is 146 Å². The van der Waals surface area contributed by atoms with E-state index in [1.165, 1.54) is 38.5 Å². The van der Waals surface area contributed by atoms with Crippen molar-refractivity contribution in [1.29, 1.82) is 0 Å². The van der Waals surface area contributed by atoms with Gasteiger partial charge in [-0.05, 0) is 38.5 Å². The van der Waals surface area contributed by atoms with Crippen LogP contribution in [0, 0.1) is 0 Å². The highest BCUT2D eigenvalue weighted by molar-refractivity contribution is 4.69. The molecule has 0 rings (SSSR count). The van der Waals surface area contributed by atoms with Crippen LogP contribution < -0.4 is 0 Å². The van der Waals surface area contributed by atoms with Gasteiger partial charge in [0.15, 0.2) is 0 Å². The summed E-state index contributed by atoms with van der Waals surface area (Å²) in [4.78, 5) is 5.14. The van der Waals surface area contributed by atoms with Gasteiger partial charge in [0.05, 0.1) is 0 Å². The SMILES string of the molecule is CCCC(OC(CCC)N(CCC)CCC)N(CCC)CCC. The van der Waals surface area contributed by atoms with E-state index in [2.05, 4.69) is 51.3 Å². The third-order valence-corrected chi connectivity index (χ3v) is 4.24. The fourth-order valence-electron chi connectivity index (χ4n) is 3.30. The van der Waals surface area contributed by atoms with Gasteiger partial charge in [0.2, 0.25) is 0 Å². The topological polar surface area (TPSA) is 15.7 Å². The first-order valence-corrected chi connectivity index (χ1v) is 10.3. The van der Waals surface area contributed by atoms with E-state index >= 15 is 0 Å². The summed E-state index contributed by atoms with van der Waals surface area (Å²) in [5.41, 5.74) is 0. The van der Waals surface area contributed by atoms with Crippen LogP contribution in [0.15, 0.2) is 0 Å². The van der Waals surface area contributed by atoms with Crippen molar-refractivity contribution < 1.29 is 4.74 Å². The summed E-state index contributed by atoms with van der Waals surface area (Å²) >= 11 is 0. The summed E-state index contributed by atoms with van der Waals surface area (Å²) < 4.78 is 6.72. The van der Waals surface area contributed by atoms with Gasteiger partial charge in [-0.1, -0.05) is 54.4 Å². The second-order valence-corrected chi connectivity index (χ2v) is 6.69. The third kappa shape index (κ3) is 9.69. The molecule has 0 radical (unpaired) electrons. The van der Waals surface area contributed by atoms with Crippen molar-refractivity contribution >= 4 is 0 Å². The molecular weight excluding hydrogens is 284 g/mol. The number of nitrogens with zero attached hydrogens (tertiary/aromatic N) is 2. The first-order valence-electron chi connectivity index (χ1n) is 10.3. The van der Waals surface area contributed by atoms with E-state index in [0.717, 1.165) is 39.0 Å². The zero-order valence-electron chi connectivity index (χ0n) is 16.9. The van der Waals surface area contributed by atoms with Gasteiger partial charge < -0.3 is 4.74 Å². The second kappa shape index (κ2) is 15.4. The summed E-state index contributed by atoms with van der Waals surface area (Å²) in [7, 11) is 0. The van der Waals surface area contributed by atoms with Crippen molar-refractivity contribution in [3.63, 3.8) is 0 Å². The molecule has 0 spiro atoms. The lowest BCUT2D eigenvalue weighted by atomic mass is 10.2. The Morgan fingerprint density at radius 1 is 0.522 bits per heavy atom. The monoisotopic (exact) mass is 328 g/mol. The molecule has 2 atom stereocenters. The summed E-state index contributed by atoms with van der Waals surface area (Å²) in [6.45, 7) is 18.3. The average Bonchev–Trinajstić information content (AvgIpc) is 2.53. The number of hydrogen-bond donors (Lipinski definition) is 0. The molecule has 0 aromatic heterocycles. The van der Waals surface area contributed by atoms with Crippen LogP contribution in [0.25, 0.3) is 0 Å². The highest BCUT2D eigenvalue weighted by Crippen LogP contribution is 2.18. The van der Waals surface area contributed by atoms with Crippen LogP contribution in [0.4, 0.5) is 0 Å². The molecule has 0 N–H and O–H groups in total. The maximum absolute atomic E-state index is 6.72. The Bertz CT molecular complexity index is 212. The molecule has 0 aliphatic carbocycles. The van der Waals surface area contributed by atoms with Gasteiger partial charge in [-0.2, -0.15) is 0 Å². The molecular formula is C20H44N2O. The van der Waals surface area contributed by atoms with Crippen LogP contribution in [0.1, 0.15) is 92.9 Å². The van der Waals surface area contributed by atoms with Gasteiger partial charge in [-0.25, -0.2) is 0 Å². The second-order valence-electron chi connectivity index (χ2n) is 6.69. The highest BCUT2D eigenvalue weighted by atomic mass is 16.5. The Morgan fingerprint density at radius 2 is 0.826 bits per heavy atom. The maximum atomic E-state index is 6.72. The van der Waals surface area contributed by atoms with Crippen LogP contribution in [0.2, 0.25) is 0 Å². The van der Waals surface area contributed by atoms with Crippen molar-refractivity contribution in [1.82, 2.24) is 9.80 Å². The first kappa shape index (κ1) is 22.9. The molecule has 0 aliphatic rings. The Kier molecular flexibility index (Phi) is 15.3. The minimum atomic E-state index is 0.285. The molecule has 0 fully saturated rings. The molecule has 140 valence electrons. The molecule has 0 aromatic carbocycles. The smallest absolute Gasteiger partial charge is 0.112 e. The quantitative estimate of drug-likeness (QED) is 0.348. The Morgan fingerprint density at radius 3 is 1.04 bits per heavy atom.